The first kappa shape index (κ1) is 17.3. The molecule has 0 saturated carbocycles. The van der Waals surface area contributed by atoms with E-state index in [0.29, 0.717) is 12.2 Å². The maximum Gasteiger partial charge on any atom is 0.343 e. The molecular formula is C22H21O2S+. The predicted octanol–water partition coefficient (Wildman–Crippen LogP) is 5.27. The number of aryl methyl sites for hydroxylation is 1. The van der Waals surface area contributed by atoms with E-state index in [1.165, 1.54) is 15.4 Å². The molecule has 1 atom stereocenters. The van der Waals surface area contributed by atoms with Gasteiger partial charge < -0.3 is 4.74 Å². The zero-order valence-corrected chi connectivity index (χ0v) is 15.3. The molecule has 0 spiro atoms. The quantitative estimate of drug-likeness (QED) is 0.463. The van der Waals surface area contributed by atoms with Gasteiger partial charge in [-0.15, -0.1) is 0 Å². The Balaban J connectivity index is 2.18. The molecule has 0 aromatic heterocycles. The first-order chi connectivity index (χ1) is 12.2. The zero-order valence-electron chi connectivity index (χ0n) is 14.4. The number of rotatable bonds is 5. The van der Waals surface area contributed by atoms with E-state index in [1.54, 1.807) is 0 Å². The minimum absolute atomic E-state index is 0.265. The Labute approximate surface area is 151 Å². The molecule has 0 radical (unpaired) electrons. The molecule has 3 aromatic rings. The normalized spacial score (nSPS) is 11.8. The zero-order chi connectivity index (χ0) is 17.6. The lowest BCUT2D eigenvalue weighted by Crippen LogP contribution is -2.13. The summed E-state index contributed by atoms with van der Waals surface area (Å²) in [6, 6.07) is 26.6. The lowest BCUT2D eigenvalue weighted by Gasteiger charge is -2.11. The average Bonchev–Trinajstić information content (AvgIpc) is 2.64. The van der Waals surface area contributed by atoms with Crippen LogP contribution in [0.25, 0.3) is 0 Å². The minimum atomic E-state index is -0.361. The maximum absolute atomic E-state index is 12.5. The fourth-order valence-electron chi connectivity index (χ4n) is 2.71. The number of esters is 1. The van der Waals surface area contributed by atoms with Gasteiger partial charge in [0.05, 0.1) is 6.61 Å². The molecule has 0 aliphatic carbocycles. The Morgan fingerprint density at radius 3 is 2.28 bits per heavy atom. The van der Waals surface area contributed by atoms with Gasteiger partial charge in [-0.25, -0.2) is 4.79 Å². The van der Waals surface area contributed by atoms with Crippen molar-refractivity contribution in [2.24, 2.45) is 0 Å². The van der Waals surface area contributed by atoms with Gasteiger partial charge in [0, 0.05) is 0 Å². The number of hydrogen-bond donors (Lipinski definition) is 0. The second kappa shape index (κ2) is 8.04. The van der Waals surface area contributed by atoms with Crippen molar-refractivity contribution in [2.75, 3.05) is 6.61 Å². The topological polar surface area (TPSA) is 26.3 Å². The maximum atomic E-state index is 12.5. The lowest BCUT2D eigenvalue weighted by molar-refractivity contribution is 0.0522. The van der Waals surface area contributed by atoms with E-state index in [0.717, 1.165) is 4.90 Å². The average molecular weight is 349 g/mol. The van der Waals surface area contributed by atoms with Crippen molar-refractivity contribution in [1.29, 1.82) is 0 Å². The van der Waals surface area contributed by atoms with Crippen molar-refractivity contribution in [1.82, 2.24) is 0 Å². The minimum Gasteiger partial charge on any atom is -0.462 e. The van der Waals surface area contributed by atoms with E-state index >= 15 is 0 Å². The first-order valence-electron chi connectivity index (χ1n) is 8.33. The molecule has 0 fully saturated rings. The van der Waals surface area contributed by atoms with Crippen molar-refractivity contribution in [2.45, 2.75) is 28.5 Å². The van der Waals surface area contributed by atoms with Crippen LogP contribution in [0.15, 0.2) is 93.5 Å². The summed E-state index contributed by atoms with van der Waals surface area (Å²) in [5, 5.41) is 0. The third kappa shape index (κ3) is 3.94. The van der Waals surface area contributed by atoms with Gasteiger partial charge in [-0.05, 0) is 55.8 Å². The smallest absolute Gasteiger partial charge is 0.343 e. The molecular weight excluding hydrogens is 328 g/mol. The summed E-state index contributed by atoms with van der Waals surface area (Å²) in [5.41, 5.74) is 1.84. The third-order valence-corrected chi connectivity index (χ3v) is 6.07. The molecule has 3 heteroatoms. The highest BCUT2D eigenvalue weighted by atomic mass is 32.2. The molecule has 0 bridgehead atoms. The van der Waals surface area contributed by atoms with Crippen LogP contribution in [0.3, 0.4) is 0 Å². The van der Waals surface area contributed by atoms with Gasteiger partial charge in [0.1, 0.15) is 16.5 Å². The fraction of sp³-hybridized carbons (Fsp3) is 0.136. The van der Waals surface area contributed by atoms with Gasteiger partial charge in [-0.3, -0.25) is 0 Å². The second-order valence-electron chi connectivity index (χ2n) is 5.65. The Morgan fingerprint density at radius 1 is 0.880 bits per heavy atom. The van der Waals surface area contributed by atoms with Crippen LogP contribution in [0, 0.1) is 6.92 Å². The van der Waals surface area contributed by atoms with Crippen LogP contribution >= 0.6 is 0 Å². The molecule has 0 aliphatic heterocycles. The van der Waals surface area contributed by atoms with Gasteiger partial charge in [0.25, 0.3) is 0 Å². The van der Waals surface area contributed by atoms with Gasteiger partial charge in [-0.2, -0.15) is 0 Å². The van der Waals surface area contributed by atoms with Crippen LogP contribution in [0.2, 0.25) is 0 Å². The standard InChI is InChI=1S/C22H21O2S/c1-3-24-22(23)20-14-7-8-15-21(20)25(18-11-5-4-6-12-18)19-13-9-10-17(2)16-19/h4-16H,3H2,1-2H3/q+1. The van der Waals surface area contributed by atoms with Gasteiger partial charge in [0.15, 0.2) is 14.7 Å². The summed E-state index contributed by atoms with van der Waals surface area (Å²) in [7, 11) is -0.361. The van der Waals surface area contributed by atoms with Crippen molar-refractivity contribution in [3.05, 3.63) is 90.0 Å². The molecule has 0 aliphatic rings. The second-order valence-corrected chi connectivity index (χ2v) is 7.65. The van der Waals surface area contributed by atoms with Crippen molar-refractivity contribution in [3.63, 3.8) is 0 Å². The van der Waals surface area contributed by atoms with Crippen molar-refractivity contribution in [3.8, 4) is 0 Å². The van der Waals surface area contributed by atoms with Crippen molar-refractivity contribution < 1.29 is 9.53 Å². The SMILES string of the molecule is CCOC(=O)c1ccccc1[S+](c1ccccc1)c1cccc(C)c1. The van der Waals surface area contributed by atoms with Gasteiger partial charge >= 0.3 is 5.97 Å². The van der Waals surface area contributed by atoms with E-state index in [4.69, 9.17) is 4.74 Å². The summed E-state index contributed by atoms with van der Waals surface area (Å²) in [5.74, 6) is -0.265. The molecule has 0 saturated heterocycles. The summed E-state index contributed by atoms with van der Waals surface area (Å²) in [6.07, 6.45) is 0. The largest absolute Gasteiger partial charge is 0.462 e. The lowest BCUT2D eigenvalue weighted by atomic mass is 10.2. The highest BCUT2D eigenvalue weighted by Gasteiger charge is 2.33. The molecule has 25 heavy (non-hydrogen) atoms. The van der Waals surface area contributed by atoms with E-state index in [9.17, 15) is 4.79 Å². The molecule has 126 valence electrons. The summed E-state index contributed by atoms with van der Waals surface area (Å²) in [6.45, 7) is 4.29. The molecule has 1 unspecified atom stereocenters. The number of carbonyl (C=O) groups excluding carboxylic acids is 1. The van der Waals surface area contributed by atoms with Crippen LogP contribution in [0.4, 0.5) is 0 Å². The van der Waals surface area contributed by atoms with E-state index in [2.05, 4.69) is 43.3 Å². The molecule has 0 N–H and O–H groups in total. The number of carbonyl (C=O) groups is 1. The summed E-state index contributed by atoms with van der Waals surface area (Å²) in [4.78, 5) is 15.9. The Hall–Kier alpha value is -2.52. The van der Waals surface area contributed by atoms with Crippen LogP contribution in [0.5, 0.6) is 0 Å². The molecule has 2 nitrogen and oxygen atoms in total. The Kier molecular flexibility index (Phi) is 5.56. The van der Waals surface area contributed by atoms with Crippen LogP contribution in [0.1, 0.15) is 22.8 Å². The predicted molar refractivity (Wildman–Crippen MR) is 102 cm³/mol. The molecule has 3 rings (SSSR count). The number of hydrogen-bond acceptors (Lipinski definition) is 2. The number of ether oxygens (including phenoxy) is 1. The van der Waals surface area contributed by atoms with E-state index in [-0.39, 0.29) is 16.9 Å². The Bertz CT molecular complexity index is 859. The van der Waals surface area contributed by atoms with Crippen molar-refractivity contribution >= 4 is 16.9 Å². The Morgan fingerprint density at radius 2 is 1.56 bits per heavy atom. The molecule has 3 aromatic carbocycles. The van der Waals surface area contributed by atoms with Crippen LogP contribution in [-0.4, -0.2) is 12.6 Å². The first-order valence-corrected chi connectivity index (χ1v) is 9.55. The summed E-state index contributed by atoms with van der Waals surface area (Å²) < 4.78 is 5.28. The fourth-order valence-corrected chi connectivity index (χ4v) is 5.02. The monoisotopic (exact) mass is 349 g/mol. The van der Waals surface area contributed by atoms with Gasteiger partial charge in [0.2, 0.25) is 0 Å². The van der Waals surface area contributed by atoms with Crippen LogP contribution in [-0.2, 0) is 15.6 Å². The third-order valence-electron chi connectivity index (χ3n) is 3.81. The van der Waals surface area contributed by atoms with E-state index < -0.39 is 0 Å². The highest BCUT2D eigenvalue weighted by Crippen LogP contribution is 2.33. The molecule has 0 heterocycles. The number of benzene rings is 3. The van der Waals surface area contributed by atoms with Gasteiger partial charge in [-0.1, -0.05) is 42.5 Å². The molecule has 0 amide bonds. The highest BCUT2D eigenvalue weighted by molar-refractivity contribution is 7.97. The summed E-state index contributed by atoms with van der Waals surface area (Å²) >= 11 is 0. The van der Waals surface area contributed by atoms with Crippen LogP contribution < -0.4 is 0 Å². The van der Waals surface area contributed by atoms with E-state index in [1.807, 2.05) is 49.4 Å².